The summed E-state index contributed by atoms with van der Waals surface area (Å²) in [6, 6.07) is 5.22. The molecule has 1 saturated carbocycles. The van der Waals surface area contributed by atoms with Gasteiger partial charge in [-0.3, -0.25) is 9.59 Å². The Labute approximate surface area is 110 Å². The second-order valence-corrected chi connectivity index (χ2v) is 4.99. The molecule has 0 unspecified atom stereocenters. The fourth-order valence-electron chi connectivity index (χ4n) is 2.02. The smallest absolute Gasteiger partial charge is 0.306 e. The van der Waals surface area contributed by atoms with Gasteiger partial charge in [-0.1, -0.05) is 23.7 Å². The molecule has 2 N–H and O–H groups in total. The van der Waals surface area contributed by atoms with Gasteiger partial charge in [0, 0.05) is 6.04 Å². The largest absolute Gasteiger partial charge is 0.481 e. The van der Waals surface area contributed by atoms with E-state index in [9.17, 15) is 9.59 Å². The molecule has 4 nitrogen and oxygen atoms in total. The number of hydrogen-bond donors (Lipinski definition) is 2. The Kier molecular flexibility index (Phi) is 3.57. The number of hydrogen-bond acceptors (Lipinski definition) is 2. The highest BCUT2D eigenvalue weighted by Crippen LogP contribution is 2.28. The van der Waals surface area contributed by atoms with Gasteiger partial charge in [0.05, 0.1) is 16.5 Å². The molecule has 0 aliphatic heterocycles. The zero-order valence-electron chi connectivity index (χ0n) is 9.94. The van der Waals surface area contributed by atoms with Crippen LogP contribution in [0.2, 0.25) is 5.02 Å². The number of carbonyl (C=O) groups excluding carboxylic acids is 1. The molecule has 1 aliphatic carbocycles. The number of rotatable bonds is 3. The van der Waals surface area contributed by atoms with Crippen molar-refractivity contribution >= 4 is 23.5 Å². The van der Waals surface area contributed by atoms with E-state index in [-0.39, 0.29) is 17.9 Å². The first-order valence-electron chi connectivity index (χ1n) is 5.78. The summed E-state index contributed by atoms with van der Waals surface area (Å²) < 4.78 is 0. The van der Waals surface area contributed by atoms with Gasteiger partial charge in [0.2, 0.25) is 0 Å². The standard InChI is InChI=1S/C13H14ClNO3/c1-7-3-2-4-10(11(7)14)12(16)15-9-5-8(6-9)13(17)18/h2-4,8-9H,5-6H2,1H3,(H,15,16)(H,17,18). The van der Waals surface area contributed by atoms with Crippen molar-refractivity contribution in [3.63, 3.8) is 0 Å². The van der Waals surface area contributed by atoms with E-state index in [1.807, 2.05) is 13.0 Å². The van der Waals surface area contributed by atoms with Crippen LogP contribution < -0.4 is 5.32 Å². The highest BCUT2D eigenvalue weighted by molar-refractivity contribution is 6.34. The average molecular weight is 268 g/mol. The lowest BCUT2D eigenvalue weighted by molar-refractivity contribution is -0.145. The monoisotopic (exact) mass is 267 g/mol. The predicted molar refractivity (Wildman–Crippen MR) is 67.8 cm³/mol. The molecule has 0 saturated heterocycles. The summed E-state index contributed by atoms with van der Waals surface area (Å²) in [6.45, 7) is 1.84. The van der Waals surface area contributed by atoms with Crippen LogP contribution >= 0.6 is 11.6 Å². The van der Waals surface area contributed by atoms with Gasteiger partial charge < -0.3 is 10.4 Å². The Morgan fingerprint density at radius 2 is 2.06 bits per heavy atom. The molecule has 5 heteroatoms. The molecule has 0 atom stereocenters. The maximum Gasteiger partial charge on any atom is 0.306 e. The highest BCUT2D eigenvalue weighted by atomic mass is 35.5. The van der Waals surface area contributed by atoms with E-state index < -0.39 is 5.97 Å². The summed E-state index contributed by atoms with van der Waals surface area (Å²) in [7, 11) is 0. The van der Waals surface area contributed by atoms with Crippen molar-refractivity contribution in [3.8, 4) is 0 Å². The van der Waals surface area contributed by atoms with Gasteiger partial charge >= 0.3 is 5.97 Å². The van der Waals surface area contributed by atoms with Crippen molar-refractivity contribution in [2.75, 3.05) is 0 Å². The second kappa shape index (κ2) is 4.98. The Bertz CT molecular complexity index is 495. The minimum Gasteiger partial charge on any atom is -0.481 e. The molecular formula is C13H14ClNO3. The summed E-state index contributed by atoms with van der Waals surface area (Å²) in [4.78, 5) is 22.6. The first kappa shape index (κ1) is 12.9. The lowest BCUT2D eigenvalue weighted by Gasteiger charge is -2.32. The van der Waals surface area contributed by atoms with Crippen molar-refractivity contribution < 1.29 is 14.7 Å². The Morgan fingerprint density at radius 3 is 2.67 bits per heavy atom. The lowest BCUT2D eigenvalue weighted by atomic mass is 9.80. The molecule has 96 valence electrons. The molecule has 1 fully saturated rings. The van der Waals surface area contributed by atoms with Crippen molar-refractivity contribution in [1.82, 2.24) is 5.32 Å². The van der Waals surface area contributed by atoms with Gasteiger partial charge in [0.15, 0.2) is 0 Å². The number of amides is 1. The van der Waals surface area contributed by atoms with Crippen LogP contribution in [0.3, 0.4) is 0 Å². The zero-order chi connectivity index (χ0) is 13.3. The van der Waals surface area contributed by atoms with Crippen LogP contribution in [-0.4, -0.2) is 23.0 Å². The van der Waals surface area contributed by atoms with Crippen LogP contribution in [0.5, 0.6) is 0 Å². The number of carbonyl (C=O) groups is 2. The van der Waals surface area contributed by atoms with Crippen LogP contribution in [0, 0.1) is 12.8 Å². The molecule has 0 spiro atoms. The zero-order valence-corrected chi connectivity index (χ0v) is 10.7. The first-order chi connectivity index (χ1) is 8.49. The SMILES string of the molecule is Cc1cccc(C(=O)NC2CC(C(=O)O)C2)c1Cl. The number of aliphatic carboxylic acids is 1. The summed E-state index contributed by atoms with van der Waals surface area (Å²) >= 11 is 6.06. The summed E-state index contributed by atoms with van der Waals surface area (Å²) in [5.74, 6) is -1.37. The molecule has 1 aromatic carbocycles. The third-order valence-corrected chi connectivity index (χ3v) is 3.76. The van der Waals surface area contributed by atoms with Crippen LogP contribution in [0.25, 0.3) is 0 Å². The molecule has 18 heavy (non-hydrogen) atoms. The molecule has 1 amide bonds. The summed E-state index contributed by atoms with van der Waals surface area (Å²) in [5, 5.41) is 12.0. The molecule has 1 aliphatic rings. The van der Waals surface area contributed by atoms with Crippen LogP contribution in [-0.2, 0) is 4.79 Å². The van der Waals surface area contributed by atoms with Gasteiger partial charge in [-0.2, -0.15) is 0 Å². The number of nitrogens with one attached hydrogen (secondary N) is 1. The van der Waals surface area contributed by atoms with E-state index in [0.29, 0.717) is 23.4 Å². The Morgan fingerprint density at radius 1 is 1.39 bits per heavy atom. The van der Waals surface area contributed by atoms with Crippen LogP contribution in [0.1, 0.15) is 28.8 Å². The van der Waals surface area contributed by atoms with E-state index in [2.05, 4.69) is 5.32 Å². The van der Waals surface area contributed by atoms with Crippen LogP contribution in [0.4, 0.5) is 0 Å². The Balaban J connectivity index is 1.97. The van der Waals surface area contributed by atoms with Crippen molar-refractivity contribution in [2.24, 2.45) is 5.92 Å². The predicted octanol–water partition coefficient (Wildman–Crippen LogP) is 2.24. The average Bonchev–Trinajstić information content (AvgIpc) is 2.25. The molecule has 2 rings (SSSR count). The quantitative estimate of drug-likeness (QED) is 0.883. The maximum absolute atomic E-state index is 12.0. The number of halogens is 1. The van der Waals surface area contributed by atoms with Gasteiger partial charge in [-0.15, -0.1) is 0 Å². The van der Waals surface area contributed by atoms with Crippen molar-refractivity contribution in [3.05, 3.63) is 34.3 Å². The molecule has 0 bridgehead atoms. The third kappa shape index (κ3) is 2.48. The third-order valence-electron chi connectivity index (χ3n) is 3.26. The molecule has 0 aromatic heterocycles. The van der Waals surface area contributed by atoms with E-state index in [1.54, 1.807) is 12.1 Å². The van der Waals surface area contributed by atoms with Crippen LogP contribution in [0.15, 0.2) is 18.2 Å². The normalized spacial score (nSPS) is 22.1. The topological polar surface area (TPSA) is 66.4 Å². The molecule has 0 heterocycles. The highest BCUT2D eigenvalue weighted by Gasteiger charge is 2.35. The van der Waals surface area contributed by atoms with E-state index in [1.165, 1.54) is 0 Å². The van der Waals surface area contributed by atoms with Crippen molar-refractivity contribution in [1.29, 1.82) is 0 Å². The van der Waals surface area contributed by atoms with Gasteiger partial charge in [0.1, 0.15) is 0 Å². The Hall–Kier alpha value is -1.55. The molecule has 1 aromatic rings. The maximum atomic E-state index is 12.0. The van der Waals surface area contributed by atoms with E-state index in [0.717, 1.165) is 5.56 Å². The lowest BCUT2D eigenvalue weighted by Crippen LogP contribution is -2.46. The van der Waals surface area contributed by atoms with E-state index in [4.69, 9.17) is 16.7 Å². The molecular weight excluding hydrogens is 254 g/mol. The van der Waals surface area contributed by atoms with E-state index >= 15 is 0 Å². The number of carboxylic acids is 1. The minimum atomic E-state index is -0.797. The number of benzene rings is 1. The first-order valence-corrected chi connectivity index (χ1v) is 6.15. The number of carboxylic acid groups (broad SMARTS) is 1. The summed E-state index contributed by atoms with van der Waals surface area (Å²) in [5.41, 5.74) is 1.29. The fraction of sp³-hybridized carbons (Fsp3) is 0.385. The number of aryl methyl sites for hydroxylation is 1. The fourth-order valence-corrected chi connectivity index (χ4v) is 2.24. The van der Waals surface area contributed by atoms with Crippen molar-refractivity contribution in [2.45, 2.75) is 25.8 Å². The second-order valence-electron chi connectivity index (χ2n) is 4.61. The van der Waals surface area contributed by atoms with Gasteiger partial charge in [0.25, 0.3) is 5.91 Å². The van der Waals surface area contributed by atoms with Gasteiger partial charge in [-0.25, -0.2) is 0 Å². The molecule has 0 radical (unpaired) electrons. The minimum absolute atomic E-state index is 0.0600. The summed E-state index contributed by atoms with van der Waals surface area (Å²) in [6.07, 6.45) is 0.981. The van der Waals surface area contributed by atoms with Gasteiger partial charge in [-0.05, 0) is 31.4 Å².